The van der Waals surface area contributed by atoms with Crippen LogP contribution in [-0.4, -0.2) is 51.0 Å². The molecule has 1 heterocycles. The predicted molar refractivity (Wildman–Crippen MR) is 61.1 cm³/mol. The van der Waals surface area contributed by atoms with Crippen molar-refractivity contribution in [2.75, 3.05) is 40.0 Å². The molecule has 0 saturated carbocycles. The highest BCUT2D eigenvalue weighted by Gasteiger charge is 2.39. The zero-order valence-corrected chi connectivity index (χ0v) is 9.92. The number of carbonyl (C=O) groups excluding carboxylic acids is 1. The summed E-state index contributed by atoms with van der Waals surface area (Å²) in [6.07, 6.45) is 2.23. The van der Waals surface area contributed by atoms with Gasteiger partial charge in [0.05, 0.1) is 12.0 Å². The Labute approximate surface area is 96.6 Å². The van der Waals surface area contributed by atoms with Gasteiger partial charge in [0.25, 0.3) is 0 Å². The second-order valence-electron chi connectivity index (χ2n) is 4.30. The van der Waals surface area contributed by atoms with E-state index in [0.717, 1.165) is 25.9 Å². The second kappa shape index (κ2) is 6.83. The summed E-state index contributed by atoms with van der Waals surface area (Å²) >= 11 is 0. The Bertz CT molecular complexity index is 210. The van der Waals surface area contributed by atoms with Crippen LogP contribution < -0.4 is 10.6 Å². The normalized spacial score (nSPS) is 19.4. The van der Waals surface area contributed by atoms with Crippen LogP contribution >= 0.6 is 0 Å². The Morgan fingerprint density at radius 3 is 2.75 bits per heavy atom. The van der Waals surface area contributed by atoms with Crippen LogP contribution in [0.5, 0.6) is 0 Å². The van der Waals surface area contributed by atoms with Crippen molar-refractivity contribution >= 4 is 5.91 Å². The zero-order valence-electron chi connectivity index (χ0n) is 9.92. The Morgan fingerprint density at radius 2 is 2.19 bits per heavy atom. The largest absolute Gasteiger partial charge is 0.396 e. The first-order valence-corrected chi connectivity index (χ1v) is 5.84. The van der Waals surface area contributed by atoms with Crippen molar-refractivity contribution in [1.82, 2.24) is 10.6 Å². The summed E-state index contributed by atoms with van der Waals surface area (Å²) in [5, 5.41) is 14.8. The first kappa shape index (κ1) is 13.4. The Kier molecular flexibility index (Phi) is 5.73. The summed E-state index contributed by atoms with van der Waals surface area (Å²) in [5.74, 6) is 0.0595. The van der Waals surface area contributed by atoms with Gasteiger partial charge in [0, 0.05) is 20.3 Å². The number of ether oxygens (including phenoxy) is 1. The number of amides is 1. The number of aliphatic hydroxyl groups excluding tert-OH is 1. The van der Waals surface area contributed by atoms with Gasteiger partial charge in [-0.3, -0.25) is 4.79 Å². The molecule has 0 aromatic heterocycles. The second-order valence-corrected chi connectivity index (χ2v) is 4.30. The van der Waals surface area contributed by atoms with Gasteiger partial charge >= 0.3 is 0 Å². The molecule has 0 atom stereocenters. The molecular weight excluding hydrogens is 208 g/mol. The molecule has 0 spiro atoms. The van der Waals surface area contributed by atoms with E-state index in [-0.39, 0.29) is 17.9 Å². The van der Waals surface area contributed by atoms with Crippen LogP contribution in [0.3, 0.4) is 0 Å². The minimum atomic E-state index is -0.380. The van der Waals surface area contributed by atoms with E-state index in [0.29, 0.717) is 19.6 Å². The predicted octanol–water partition coefficient (Wildman–Crippen LogP) is -0.499. The standard InChI is InChI=1S/C11H22N2O3/c1-16-9-11(3-6-12-7-4-11)10(15)13-5-2-8-14/h12,14H,2-9H2,1H3,(H,13,15). The number of methoxy groups -OCH3 is 1. The molecule has 5 nitrogen and oxygen atoms in total. The molecule has 0 unspecified atom stereocenters. The van der Waals surface area contributed by atoms with Crippen LogP contribution in [0, 0.1) is 5.41 Å². The summed E-state index contributed by atoms with van der Waals surface area (Å²) in [6.45, 7) is 2.83. The minimum absolute atomic E-state index is 0.0595. The van der Waals surface area contributed by atoms with E-state index >= 15 is 0 Å². The van der Waals surface area contributed by atoms with Crippen molar-refractivity contribution in [1.29, 1.82) is 0 Å². The van der Waals surface area contributed by atoms with Gasteiger partial charge in [-0.1, -0.05) is 0 Å². The lowest BCUT2D eigenvalue weighted by atomic mass is 9.78. The first-order valence-electron chi connectivity index (χ1n) is 5.84. The lowest BCUT2D eigenvalue weighted by Crippen LogP contribution is -2.50. The lowest BCUT2D eigenvalue weighted by Gasteiger charge is -2.35. The van der Waals surface area contributed by atoms with Crippen LogP contribution in [0.1, 0.15) is 19.3 Å². The topological polar surface area (TPSA) is 70.6 Å². The van der Waals surface area contributed by atoms with Crippen molar-refractivity contribution in [3.05, 3.63) is 0 Å². The molecule has 1 amide bonds. The van der Waals surface area contributed by atoms with Crippen molar-refractivity contribution in [3.8, 4) is 0 Å². The summed E-state index contributed by atoms with van der Waals surface area (Å²) in [7, 11) is 1.63. The van der Waals surface area contributed by atoms with E-state index in [4.69, 9.17) is 9.84 Å². The molecule has 1 fully saturated rings. The molecule has 0 radical (unpaired) electrons. The highest BCUT2D eigenvalue weighted by molar-refractivity contribution is 5.82. The van der Waals surface area contributed by atoms with Crippen LogP contribution in [0.2, 0.25) is 0 Å². The molecule has 1 aliphatic rings. The summed E-state index contributed by atoms with van der Waals surface area (Å²) in [4.78, 5) is 12.1. The Hall–Kier alpha value is -0.650. The number of piperidine rings is 1. The monoisotopic (exact) mass is 230 g/mol. The maximum absolute atomic E-state index is 12.1. The fourth-order valence-electron chi connectivity index (χ4n) is 2.09. The maximum atomic E-state index is 12.1. The molecule has 0 aromatic rings. The molecule has 5 heteroatoms. The summed E-state index contributed by atoms with van der Waals surface area (Å²) < 4.78 is 5.17. The first-order chi connectivity index (χ1) is 7.75. The van der Waals surface area contributed by atoms with Crippen LogP contribution in [0.4, 0.5) is 0 Å². The number of aliphatic hydroxyl groups is 1. The molecular formula is C11H22N2O3. The fourth-order valence-corrected chi connectivity index (χ4v) is 2.09. The molecule has 0 aromatic carbocycles. The Morgan fingerprint density at radius 1 is 1.50 bits per heavy atom. The molecule has 1 saturated heterocycles. The van der Waals surface area contributed by atoms with E-state index in [1.807, 2.05) is 0 Å². The third kappa shape index (κ3) is 3.43. The van der Waals surface area contributed by atoms with E-state index in [9.17, 15) is 4.79 Å². The van der Waals surface area contributed by atoms with Gasteiger partial charge in [0.15, 0.2) is 0 Å². The Balaban J connectivity index is 2.50. The molecule has 16 heavy (non-hydrogen) atoms. The molecule has 1 aliphatic heterocycles. The van der Waals surface area contributed by atoms with Gasteiger partial charge in [-0.05, 0) is 32.4 Å². The lowest BCUT2D eigenvalue weighted by molar-refractivity contribution is -0.136. The maximum Gasteiger partial charge on any atom is 0.228 e. The van der Waals surface area contributed by atoms with Gasteiger partial charge in [0.2, 0.25) is 5.91 Å². The number of hydrogen-bond acceptors (Lipinski definition) is 4. The van der Waals surface area contributed by atoms with E-state index in [2.05, 4.69) is 10.6 Å². The summed E-state index contributed by atoms with van der Waals surface area (Å²) in [6, 6.07) is 0. The van der Waals surface area contributed by atoms with Gasteiger partial charge < -0.3 is 20.5 Å². The third-order valence-electron chi connectivity index (χ3n) is 3.08. The molecule has 0 aliphatic carbocycles. The van der Waals surface area contributed by atoms with E-state index < -0.39 is 0 Å². The van der Waals surface area contributed by atoms with Crippen molar-refractivity contribution in [2.24, 2.45) is 5.41 Å². The third-order valence-corrected chi connectivity index (χ3v) is 3.08. The average Bonchev–Trinajstić information content (AvgIpc) is 2.31. The SMILES string of the molecule is COCC1(C(=O)NCCCO)CCNCC1. The molecule has 94 valence electrons. The molecule has 1 rings (SSSR count). The van der Waals surface area contributed by atoms with E-state index in [1.165, 1.54) is 0 Å². The highest BCUT2D eigenvalue weighted by Crippen LogP contribution is 2.29. The average molecular weight is 230 g/mol. The van der Waals surface area contributed by atoms with Gasteiger partial charge in [-0.25, -0.2) is 0 Å². The van der Waals surface area contributed by atoms with E-state index in [1.54, 1.807) is 7.11 Å². The molecule has 0 bridgehead atoms. The van der Waals surface area contributed by atoms with Crippen LogP contribution in [-0.2, 0) is 9.53 Å². The van der Waals surface area contributed by atoms with Gasteiger partial charge in [0.1, 0.15) is 0 Å². The highest BCUT2D eigenvalue weighted by atomic mass is 16.5. The van der Waals surface area contributed by atoms with Crippen LogP contribution in [0.25, 0.3) is 0 Å². The number of rotatable bonds is 6. The van der Waals surface area contributed by atoms with Crippen molar-refractivity contribution in [3.63, 3.8) is 0 Å². The van der Waals surface area contributed by atoms with Gasteiger partial charge in [-0.2, -0.15) is 0 Å². The van der Waals surface area contributed by atoms with Crippen LogP contribution in [0.15, 0.2) is 0 Å². The quantitative estimate of drug-likeness (QED) is 0.538. The van der Waals surface area contributed by atoms with Crippen molar-refractivity contribution < 1.29 is 14.6 Å². The van der Waals surface area contributed by atoms with Gasteiger partial charge in [-0.15, -0.1) is 0 Å². The fraction of sp³-hybridized carbons (Fsp3) is 0.909. The number of carbonyl (C=O) groups is 1. The zero-order chi connectivity index (χ0) is 11.9. The van der Waals surface area contributed by atoms with Crippen molar-refractivity contribution in [2.45, 2.75) is 19.3 Å². The summed E-state index contributed by atoms with van der Waals surface area (Å²) in [5.41, 5.74) is -0.380. The number of nitrogens with one attached hydrogen (secondary N) is 2. The molecule has 3 N–H and O–H groups in total. The number of hydrogen-bond donors (Lipinski definition) is 3. The smallest absolute Gasteiger partial charge is 0.228 e. The minimum Gasteiger partial charge on any atom is -0.396 e.